The normalized spacial score (nSPS) is 14.9. The summed E-state index contributed by atoms with van der Waals surface area (Å²) in [5.41, 5.74) is 4.19. The lowest BCUT2D eigenvalue weighted by Crippen LogP contribution is -2.47. The number of alkyl carbamates (subject to hydrolysis) is 1. The molecule has 1 aliphatic rings. The predicted octanol–water partition coefficient (Wildman–Crippen LogP) is 2.50. The lowest BCUT2D eigenvalue weighted by molar-refractivity contribution is 0.148. The van der Waals surface area contributed by atoms with Crippen molar-refractivity contribution >= 4 is 23.7 Å². The van der Waals surface area contributed by atoms with Crippen LogP contribution in [0.1, 0.15) is 26.2 Å². The van der Waals surface area contributed by atoms with Gasteiger partial charge >= 0.3 is 6.09 Å². The SMILES string of the molecule is CCOC(=O)NC(C/C=N\NC)N(C)c1ccc(F)cc1NC1CC1. The number of benzene rings is 1. The summed E-state index contributed by atoms with van der Waals surface area (Å²) in [6.07, 6.45) is 3.40. The third-order valence-electron chi connectivity index (χ3n) is 3.85. The number of nitrogens with one attached hydrogen (secondary N) is 3. The first-order valence-corrected chi connectivity index (χ1v) is 8.45. The highest BCUT2D eigenvalue weighted by atomic mass is 19.1. The summed E-state index contributed by atoms with van der Waals surface area (Å²) >= 11 is 0. The monoisotopic (exact) mass is 351 g/mol. The fraction of sp³-hybridized carbons (Fsp3) is 0.529. The number of hydrazone groups is 1. The molecule has 138 valence electrons. The standard InChI is InChI=1S/C17H26FN5O2/c1-4-25-17(24)22-16(9-10-20-19-2)23(3)15-8-5-12(18)11-14(15)21-13-6-7-13/h5,8,10-11,13,16,19,21H,4,6-7,9H2,1-3H3,(H,22,24)/b20-10-. The molecule has 1 aliphatic carbocycles. The van der Waals surface area contributed by atoms with E-state index in [2.05, 4.69) is 21.2 Å². The molecular weight excluding hydrogens is 325 g/mol. The molecule has 1 unspecified atom stereocenters. The number of ether oxygens (including phenoxy) is 1. The summed E-state index contributed by atoms with van der Waals surface area (Å²) < 4.78 is 18.6. The second-order valence-corrected chi connectivity index (χ2v) is 5.84. The largest absolute Gasteiger partial charge is 0.450 e. The van der Waals surface area contributed by atoms with Gasteiger partial charge in [-0.15, -0.1) is 0 Å². The molecule has 0 aromatic heterocycles. The van der Waals surface area contributed by atoms with E-state index in [0.717, 1.165) is 18.5 Å². The minimum absolute atomic E-state index is 0.290. The summed E-state index contributed by atoms with van der Waals surface area (Å²) in [5.74, 6) is -0.299. The van der Waals surface area contributed by atoms with Gasteiger partial charge in [0, 0.05) is 32.8 Å². The molecule has 0 heterocycles. The zero-order chi connectivity index (χ0) is 18.2. The lowest BCUT2D eigenvalue weighted by Gasteiger charge is -2.31. The summed E-state index contributed by atoms with van der Waals surface area (Å²) in [4.78, 5) is 13.7. The van der Waals surface area contributed by atoms with Crippen molar-refractivity contribution in [2.24, 2.45) is 5.10 Å². The van der Waals surface area contributed by atoms with E-state index in [1.54, 1.807) is 26.3 Å². The number of anilines is 2. The summed E-state index contributed by atoms with van der Waals surface area (Å²) in [7, 11) is 3.54. The number of hydrogen-bond acceptors (Lipinski definition) is 6. The van der Waals surface area contributed by atoms with Crippen LogP contribution in [0.2, 0.25) is 0 Å². The van der Waals surface area contributed by atoms with Crippen molar-refractivity contribution in [3.8, 4) is 0 Å². The second kappa shape index (κ2) is 9.10. The number of hydrogen-bond donors (Lipinski definition) is 3. The van der Waals surface area contributed by atoms with E-state index < -0.39 is 6.09 Å². The summed E-state index contributed by atoms with van der Waals surface area (Å²) in [5, 5.41) is 10.1. The molecule has 1 saturated carbocycles. The van der Waals surface area contributed by atoms with Crippen LogP contribution >= 0.6 is 0 Å². The number of carbonyl (C=O) groups is 1. The van der Waals surface area contributed by atoms with E-state index >= 15 is 0 Å². The average molecular weight is 351 g/mol. The van der Waals surface area contributed by atoms with Crippen LogP contribution in [0.4, 0.5) is 20.6 Å². The molecule has 2 rings (SSSR count). The van der Waals surface area contributed by atoms with Crippen molar-refractivity contribution < 1.29 is 13.9 Å². The Bertz CT molecular complexity index is 607. The van der Waals surface area contributed by atoms with E-state index in [4.69, 9.17) is 4.74 Å². The van der Waals surface area contributed by atoms with Crippen LogP contribution in [0.5, 0.6) is 0 Å². The highest BCUT2D eigenvalue weighted by Gasteiger charge is 2.25. The van der Waals surface area contributed by atoms with Gasteiger partial charge in [-0.3, -0.25) is 0 Å². The molecule has 0 radical (unpaired) electrons. The predicted molar refractivity (Wildman–Crippen MR) is 97.6 cm³/mol. The third kappa shape index (κ3) is 5.81. The Kier molecular flexibility index (Phi) is 6.85. The van der Waals surface area contributed by atoms with E-state index in [0.29, 0.717) is 18.2 Å². The fourth-order valence-electron chi connectivity index (χ4n) is 2.41. The molecule has 1 amide bonds. The molecule has 1 fully saturated rings. The Morgan fingerprint density at radius 1 is 1.52 bits per heavy atom. The van der Waals surface area contributed by atoms with Crippen LogP contribution in [0.15, 0.2) is 23.3 Å². The van der Waals surface area contributed by atoms with Gasteiger partial charge in [0.05, 0.1) is 18.0 Å². The Balaban J connectivity index is 2.19. The second-order valence-electron chi connectivity index (χ2n) is 5.84. The Hall–Kier alpha value is -2.51. The van der Waals surface area contributed by atoms with Gasteiger partial charge in [-0.05, 0) is 38.0 Å². The molecule has 0 saturated heterocycles. The van der Waals surface area contributed by atoms with Gasteiger partial charge in [0.2, 0.25) is 0 Å². The molecule has 25 heavy (non-hydrogen) atoms. The topological polar surface area (TPSA) is 78.0 Å². The average Bonchev–Trinajstić information content (AvgIpc) is 3.38. The highest BCUT2D eigenvalue weighted by Crippen LogP contribution is 2.32. The number of rotatable bonds is 9. The Morgan fingerprint density at radius 2 is 2.28 bits per heavy atom. The van der Waals surface area contributed by atoms with Gasteiger partial charge in [-0.2, -0.15) is 5.10 Å². The number of carbonyl (C=O) groups excluding carboxylic acids is 1. The first kappa shape index (κ1) is 18.8. The highest BCUT2D eigenvalue weighted by molar-refractivity contribution is 5.74. The molecular formula is C17H26FN5O2. The van der Waals surface area contributed by atoms with Gasteiger partial charge in [0.15, 0.2) is 0 Å². The molecule has 1 aromatic rings. The Morgan fingerprint density at radius 3 is 2.92 bits per heavy atom. The quantitative estimate of drug-likeness (QED) is 0.362. The van der Waals surface area contributed by atoms with Crippen LogP contribution in [-0.2, 0) is 4.74 Å². The van der Waals surface area contributed by atoms with E-state index in [9.17, 15) is 9.18 Å². The van der Waals surface area contributed by atoms with Crippen LogP contribution in [0, 0.1) is 5.82 Å². The molecule has 1 aromatic carbocycles. The van der Waals surface area contributed by atoms with E-state index in [-0.39, 0.29) is 18.6 Å². The van der Waals surface area contributed by atoms with Crippen LogP contribution < -0.4 is 21.0 Å². The van der Waals surface area contributed by atoms with Gasteiger partial charge in [0.25, 0.3) is 0 Å². The van der Waals surface area contributed by atoms with Gasteiger partial charge in [-0.25, -0.2) is 9.18 Å². The first-order chi connectivity index (χ1) is 12.0. The molecule has 8 heteroatoms. The summed E-state index contributed by atoms with van der Waals surface area (Å²) in [6.45, 7) is 2.04. The number of nitrogens with zero attached hydrogens (tertiary/aromatic N) is 2. The zero-order valence-corrected chi connectivity index (χ0v) is 14.9. The van der Waals surface area contributed by atoms with Crippen LogP contribution in [0.3, 0.4) is 0 Å². The van der Waals surface area contributed by atoms with Gasteiger partial charge in [-0.1, -0.05) is 0 Å². The molecule has 0 bridgehead atoms. The third-order valence-corrected chi connectivity index (χ3v) is 3.85. The van der Waals surface area contributed by atoms with Crippen LogP contribution in [0.25, 0.3) is 0 Å². The van der Waals surface area contributed by atoms with Gasteiger partial charge < -0.3 is 25.7 Å². The van der Waals surface area contributed by atoms with Crippen molar-refractivity contribution in [3.05, 3.63) is 24.0 Å². The first-order valence-electron chi connectivity index (χ1n) is 8.45. The van der Waals surface area contributed by atoms with E-state index in [1.165, 1.54) is 12.1 Å². The molecule has 7 nitrogen and oxygen atoms in total. The minimum atomic E-state index is -0.504. The maximum atomic E-state index is 13.7. The zero-order valence-electron chi connectivity index (χ0n) is 14.9. The van der Waals surface area contributed by atoms with Crippen LogP contribution in [-0.4, -0.2) is 45.2 Å². The molecule has 0 aliphatic heterocycles. The lowest BCUT2D eigenvalue weighted by atomic mass is 10.2. The maximum absolute atomic E-state index is 13.7. The number of amides is 1. The van der Waals surface area contributed by atoms with Gasteiger partial charge in [0.1, 0.15) is 12.0 Å². The summed E-state index contributed by atoms with van der Waals surface area (Å²) in [6, 6.07) is 4.98. The van der Waals surface area contributed by atoms with Crippen molar-refractivity contribution in [2.45, 2.75) is 38.4 Å². The smallest absolute Gasteiger partial charge is 0.408 e. The van der Waals surface area contributed by atoms with Crippen molar-refractivity contribution in [1.82, 2.24) is 10.7 Å². The van der Waals surface area contributed by atoms with Crippen molar-refractivity contribution in [1.29, 1.82) is 0 Å². The molecule has 1 atom stereocenters. The number of halogens is 1. The minimum Gasteiger partial charge on any atom is -0.450 e. The van der Waals surface area contributed by atoms with Crippen molar-refractivity contribution in [2.75, 3.05) is 30.9 Å². The van der Waals surface area contributed by atoms with E-state index in [1.807, 2.05) is 11.9 Å². The maximum Gasteiger partial charge on any atom is 0.408 e. The fourth-order valence-corrected chi connectivity index (χ4v) is 2.41. The van der Waals surface area contributed by atoms with Crippen molar-refractivity contribution in [3.63, 3.8) is 0 Å². The molecule has 0 spiro atoms. The Labute approximate surface area is 147 Å². The molecule has 3 N–H and O–H groups in total.